The number of hydrogen-bond donors (Lipinski definition) is 2. The molecular formula is C13H19FN2O3. The largest absolute Gasteiger partial charge is 0.492 e. The highest BCUT2D eigenvalue weighted by molar-refractivity contribution is 5.73. The van der Waals surface area contributed by atoms with Crippen molar-refractivity contribution in [2.24, 2.45) is 0 Å². The van der Waals surface area contributed by atoms with Crippen LogP contribution in [0.1, 0.15) is 6.92 Å². The molecule has 0 saturated heterocycles. The maximum absolute atomic E-state index is 12.8. The third kappa shape index (κ3) is 7.25. The first-order chi connectivity index (χ1) is 9.22. The van der Waals surface area contributed by atoms with Crippen LogP contribution >= 0.6 is 0 Å². The Morgan fingerprint density at radius 2 is 2.00 bits per heavy atom. The Labute approximate surface area is 112 Å². The first kappa shape index (κ1) is 15.2. The minimum atomic E-state index is -0.348. The van der Waals surface area contributed by atoms with Crippen LogP contribution in [0.5, 0.6) is 5.75 Å². The maximum Gasteiger partial charge on any atom is 0.314 e. The van der Waals surface area contributed by atoms with Gasteiger partial charge in [-0.2, -0.15) is 0 Å². The molecule has 0 spiro atoms. The van der Waals surface area contributed by atoms with Gasteiger partial charge in [0.05, 0.1) is 13.2 Å². The van der Waals surface area contributed by atoms with Gasteiger partial charge in [-0.25, -0.2) is 9.18 Å². The highest BCUT2D eigenvalue weighted by atomic mass is 19.1. The van der Waals surface area contributed by atoms with E-state index < -0.39 is 0 Å². The number of carbonyl (C=O) groups is 1. The molecular weight excluding hydrogens is 251 g/mol. The van der Waals surface area contributed by atoms with E-state index in [9.17, 15) is 9.18 Å². The number of urea groups is 1. The lowest BCUT2D eigenvalue weighted by atomic mass is 10.3. The van der Waals surface area contributed by atoms with Crippen molar-refractivity contribution in [3.05, 3.63) is 30.1 Å². The Kier molecular flexibility index (Phi) is 7.34. The van der Waals surface area contributed by atoms with E-state index in [1.807, 2.05) is 6.92 Å². The molecule has 0 unspecified atom stereocenters. The van der Waals surface area contributed by atoms with E-state index in [4.69, 9.17) is 9.47 Å². The number of nitrogens with one attached hydrogen (secondary N) is 2. The zero-order valence-electron chi connectivity index (χ0n) is 10.9. The average Bonchev–Trinajstić information content (AvgIpc) is 2.40. The zero-order chi connectivity index (χ0) is 13.9. The third-order valence-electron chi connectivity index (χ3n) is 2.19. The predicted octanol–water partition coefficient (Wildman–Crippen LogP) is 1.54. The van der Waals surface area contributed by atoms with Gasteiger partial charge in [-0.15, -0.1) is 0 Å². The van der Waals surface area contributed by atoms with Crippen LogP contribution in [-0.4, -0.2) is 38.9 Å². The van der Waals surface area contributed by atoms with Gasteiger partial charge in [0, 0.05) is 19.2 Å². The SMILES string of the molecule is CCOCCNC(=O)NCCOc1cccc(F)c1. The van der Waals surface area contributed by atoms with Crippen molar-refractivity contribution >= 4 is 6.03 Å². The van der Waals surface area contributed by atoms with E-state index in [-0.39, 0.29) is 18.5 Å². The monoisotopic (exact) mass is 270 g/mol. The van der Waals surface area contributed by atoms with Gasteiger partial charge in [0.2, 0.25) is 0 Å². The topological polar surface area (TPSA) is 59.6 Å². The van der Waals surface area contributed by atoms with Crippen molar-refractivity contribution in [2.45, 2.75) is 6.92 Å². The molecule has 2 amide bonds. The number of amides is 2. The maximum atomic E-state index is 12.8. The van der Waals surface area contributed by atoms with Gasteiger partial charge in [0.25, 0.3) is 0 Å². The second-order valence-electron chi connectivity index (χ2n) is 3.69. The second-order valence-corrected chi connectivity index (χ2v) is 3.69. The van der Waals surface area contributed by atoms with E-state index in [0.717, 1.165) is 0 Å². The average molecular weight is 270 g/mol. The lowest BCUT2D eigenvalue weighted by molar-refractivity contribution is 0.149. The fraction of sp³-hybridized carbons (Fsp3) is 0.462. The summed E-state index contributed by atoms with van der Waals surface area (Å²) in [5, 5.41) is 5.25. The van der Waals surface area contributed by atoms with Crippen LogP contribution in [-0.2, 0) is 4.74 Å². The molecule has 0 radical (unpaired) electrons. The minimum Gasteiger partial charge on any atom is -0.492 e. The number of carbonyl (C=O) groups excluding carboxylic acids is 1. The Morgan fingerprint density at radius 1 is 1.26 bits per heavy atom. The predicted molar refractivity (Wildman–Crippen MR) is 69.8 cm³/mol. The van der Waals surface area contributed by atoms with Gasteiger partial charge >= 0.3 is 6.03 Å². The smallest absolute Gasteiger partial charge is 0.314 e. The van der Waals surface area contributed by atoms with Crippen molar-refractivity contribution < 1.29 is 18.7 Å². The van der Waals surface area contributed by atoms with E-state index >= 15 is 0 Å². The van der Waals surface area contributed by atoms with Crippen LogP contribution in [0, 0.1) is 5.82 Å². The van der Waals surface area contributed by atoms with Crippen molar-refractivity contribution in [1.82, 2.24) is 10.6 Å². The van der Waals surface area contributed by atoms with Gasteiger partial charge in [-0.1, -0.05) is 6.07 Å². The molecule has 2 N–H and O–H groups in total. The highest BCUT2D eigenvalue weighted by Gasteiger charge is 1.99. The van der Waals surface area contributed by atoms with Gasteiger partial charge in [-0.3, -0.25) is 0 Å². The lowest BCUT2D eigenvalue weighted by Gasteiger charge is -2.09. The van der Waals surface area contributed by atoms with Crippen molar-refractivity contribution in [3.8, 4) is 5.75 Å². The van der Waals surface area contributed by atoms with E-state index in [2.05, 4.69) is 10.6 Å². The summed E-state index contributed by atoms with van der Waals surface area (Å²) in [7, 11) is 0. The molecule has 19 heavy (non-hydrogen) atoms. The molecule has 1 rings (SSSR count). The number of benzene rings is 1. The second kappa shape index (κ2) is 9.16. The van der Waals surface area contributed by atoms with E-state index in [1.165, 1.54) is 12.1 Å². The van der Waals surface area contributed by atoms with Crippen LogP contribution in [0.3, 0.4) is 0 Å². The van der Waals surface area contributed by atoms with Crippen molar-refractivity contribution in [1.29, 1.82) is 0 Å². The quantitative estimate of drug-likeness (QED) is 0.704. The molecule has 0 atom stereocenters. The van der Waals surface area contributed by atoms with Crippen LogP contribution in [0.2, 0.25) is 0 Å². The number of hydrogen-bond acceptors (Lipinski definition) is 3. The Bertz CT molecular complexity index is 388. The van der Waals surface area contributed by atoms with E-state index in [1.54, 1.807) is 12.1 Å². The first-order valence-electron chi connectivity index (χ1n) is 6.20. The molecule has 0 aliphatic carbocycles. The zero-order valence-corrected chi connectivity index (χ0v) is 10.9. The number of rotatable bonds is 8. The summed E-state index contributed by atoms with van der Waals surface area (Å²) < 4.78 is 23.2. The normalized spacial score (nSPS) is 10.0. The number of halogens is 1. The summed E-state index contributed by atoms with van der Waals surface area (Å²) in [4.78, 5) is 11.3. The summed E-state index contributed by atoms with van der Waals surface area (Å²) in [6, 6.07) is 5.59. The van der Waals surface area contributed by atoms with Crippen LogP contribution in [0.25, 0.3) is 0 Å². The molecule has 0 saturated carbocycles. The third-order valence-corrected chi connectivity index (χ3v) is 2.19. The van der Waals surface area contributed by atoms with Crippen LogP contribution < -0.4 is 15.4 Å². The van der Waals surface area contributed by atoms with Crippen molar-refractivity contribution in [3.63, 3.8) is 0 Å². The Balaban J connectivity index is 2.05. The summed E-state index contributed by atoms with van der Waals surface area (Å²) in [6.07, 6.45) is 0. The molecule has 0 fully saturated rings. The molecule has 1 aromatic carbocycles. The van der Waals surface area contributed by atoms with Gasteiger partial charge < -0.3 is 20.1 Å². The molecule has 106 valence electrons. The summed E-state index contributed by atoms with van der Waals surface area (Å²) in [6.45, 7) is 4.10. The van der Waals surface area contributed by atoms with Crippen LogP contribution in [0.4, 0.5) is 9.18 Å². The molecule has 0 aromatic heterocycles. The summed E-state index contributed by atoms with van der Waals surface area (Å²) in [5.74, 6) is 0.0951. The lowest BCUT2D eigenvalue weighted by Crippen LogP contribution is -2.39. The summed E-state index contributed by atoms with van der Waals surface area (Å²) >= 11 is 0. The molecule has 6 heteroatoms. The van der Waals surface area contributed by atoms with Crippen LogP contribution in [0.15, 0.2) is 24.3 Å². The Hall–Kier alpha value is -1.82. The highest BCUT2D eigenvalue weighted by Crippen LogP contribution is 2.11. The standard InChI is InChI=1S/C13H19FN2O3/c1-2-18-8-6-15-13(17)16-7-9-19-12-5-3-4-11(14)10-12/h3-5,10H,2,6-9H2,1H3,(H2,15,16,17). The first-order valence-corrected chi connectivity index (χ1v) is 6.20. The minimum absolute atomic E-state index is 0.275. The molecule has 0 bridgehead atoms. The molecule has 1 aromatic rings. The van der Waals surface area contributed by atoms with E-state index in [0.29, 0.717) is 32.1 Å². The van der Waals surface area contributed by atoms with Crippen molar-refractivity contribution in [2.75, 3.05) is 32.9 Å². The van der Waals surface area contributed by atoms with Gasteiger partial charge in [0.1, 0.15) is 18.2 Å². The molecule has 0 aliphatic rings. The molecule has 5 nitrogen and oxygen atoms in total. The molecule has 0 heterocycles. The number of ether oxygens (including phenoxy) is 2. The fourth-order valence-corrected chi connectivity index (χ4v) is 1.33. The van der Waals surface area contributed by atoms with Gasteiger partial charge in [-0.05, 0) is 19.1 Å². The molecule has 0 aliphatic heterocycles. The van der Waals surface area contributed by atoms with Gasteiger partial charge in [0.15, 0.2) is 0 Å². The fourth-order valence-electron chi connectivity index (χ4n) is 1.33. The Morgan fingerprint density at radius 3 is 2.68 bits per heavy atom. The summed E-state index contributed by atoms with van der Waals surface area (Å²) in [5.41, 5.74) is 0.